The van der Waals surface area contributed by atoms with Gasteiger partial charge in [0, 0.05) is 22.1 Å². The molecule has 6 aromatic rings. The van der Waals surface area contributed by atoms with Crippen LogP contribution in [0.2, 0.25) is 0 Å². The lowest BCUT2D eigenvalue weighted by Crippen LogP contribution is -2.34. The van der Waals surface area contributed by atoms with Crippen molar-refractivity contribution in [2.24, 2.45) is 0 Å². The highest BCUT2D eigenvalue weighted by Gasteiger charge is 2.39. The first-order chi connectivity index (χ1) is 23.5. The molecule has 1 atom stereocenters. The summed E-state index contributed by atoms with van der Waals surface area (Å²) in [6.45, 7) is 2.23. The van der Waals surface area contributed by atoms with Gasteiger partial charge in [-0.1, -0.05) is 123 Å². The van der Waals surface area contributed by atoms with Gasteiger partial charge in [0.1, 0.15) is 11.6 Å². The Kier molecular flexibility index (Phi) is 8.65. The number of unbranched alkanes of at least 4 members (excludes halogenated alkanes) is 2. The lowest BCUT2D eigenvalue weighted by Gasteiger charge is -2.37. The lowest BCUT2D eigenvalue weighted by atomic mass is 9.82. The van der Waals surface area contributed by atoms with Crippen LogP contribution in [-0.4, -0.2) is 13.1 Å². The summed E-state index contributed by atoms with van der Waals surface area (Å²) in [5, 5.41) is 1.74. The maximum Gasteiger partial charge on any atom is 0.338 e. The molecule has 0 aromatic heterocycles. The van der Waals surface area contributed by atoms with E-state index in [9.17, 15) is 9.18 Å². The molecule has 0 aliphatic carbocycles. The molecular formula is C44H37FO3. The third-order valence-electron chi connectivity index (χ3n) is 9.33. The number of benzene rings is 6. The zero-order chi connectivity index (χ0) is 33.1. The molecule has 0 spiro atoms. The van der Waals surface area contributed by atoms with E-state index in [2.05, 4.69) is 67.6 Å². The summed E-state index contributed by atoms with van der Waals surface area (Å²) in [7, 11) is 1.39. The second-order valence-electron chi connectivity index (χ2n) is 12.3. The highest BCUT2D eigenvalue weighted by molar-refractivity contribution is 6.05. The summed E-state index contributed by atoms with van der Waals surface area (Å²) in [6, 6.07) is 41.8. The predicted molar refractivity (Wildman–Crippen MR) is 193 cm³/mol. The Morgan fingerprint density at radius 3 is 2.17 bits per heavy atom. The SMILES string of the molecule is CCCCCc1cc(-c2ccc3c4c(c(C(=O)OC)cc3c2)C=CC(c2ccccc2)(c2ccc(F)cc2)O4)ccc1-c1ccccc1. The zero-order valence-electron chi connectivity index (χ0n) is 27.2. The monoisotopic (exact) mass is 632 g/mol. The van der Waals surface area contributed by atoms with Gasteiger partial charge in [-0.3, -0.25) is 0 Å². The van der Waals surface area contributed by atoms with Crippen LogP contribution in [0.4, 0.5) is 4.39 Å². The molecule has 0 saturated carbocycles. The van der Waals surface area contributed by atoms with Crippen LogP contribution >= 0.6 is 0 Å². The Balaban J connectivity index is 1.38. The third-order valence-corrected chi connectivity index (χ3v) is 9.33. The van der Waals surface area contributed by atoms with Crippen molar-refractivity contribution >= 4 is 22.8 Å². The topological polar surface area (TPSA) is 35.5 Å². The molecule has 1 unspecified atom stereocenters. The number of rotatable bonds is 9. The average molecular weight is 633 g/mol. The fourth-order valence-electron chi connectivity index (χ4n) is 6.82. The van der Waals surface area contributed by atoms with E-state index in [0.29, 0.717) is 16.9 Å². The normalized spacial score (nSPS) is 15.1. The summed E-state index contributed by atoms with van der Waals surface area (Å²) in [5.41, 5.74) is 7.68. The highest BCUT2D eigenvalue weighted by atomic mass is 19.1. The molecule has 0 amide bonds. The molecule has 4 heteroatoms. The van der Waals surface area contributed by atoms with Crippen LogP contribution in [0.15, 0.2) is 133 Å². The van der Waals surface area contributed by atoms with Gasteiger partial charge in [-0.2, -0.15) is 0 Å². The van der Waals surface area contributed by atoms with Gasteiger partial charge < -0.3 is 9.47 Å². The van der Waals surface area contributed by atoms with Crippen LogP contribution in [-0.2, 0) is 16.8 Å². The molecule has 48 heavy (non-hydrogen) atoms. The molecule has 238 valence electrons. The van der Waals surface area contributed by atoms with Crippen molar-refractivity contribution in [3.8, 4) is 28.0 Å². The van der Waals surface area contributed by atoms with Crippen molar-refractivity contribution < 1.29 is 18.7 Å². The van der Waals surface area contributed by atoms with Gasteiger partial charge in [0.05, 0.1) is 12.7 Å². The Labute approximate surface area is 281 Å². The van der Waals surface area contributed by atoms with Crippen molar-refractivity contribution in [3.05, 3.63) is 167 Å². The van der Waals surface area contributed by atoms with E-state index >= 15 is 0 Å². The molecule has 0 fully saturated rings. The van der Waals surface area contributed by atoms with Crippen molar-refractivity contribution in [2.75, 3.05) is 7.11 Å². The number of carbonyl (C=O) groups excluding carboxylic acids is 1. The van der Waals surface area contributed by atoms with Crippen LogP contribution < -0.4 is 4.74 Å². The lowest BCUT2D eigenvalue weighted by molar-refractivity contribution is 0.0599. The number of halogens is 1. The average Bonchev–Trinajstić information content (AvgIpc) is 3.14. The van der Waals surface area contributed by atoms with Crippen LogP contribution in [0.3, 0.4) is 0 Å². The first-order valence-electron chi connectivity index (χ1n) is 16.6. The Hall–Kier alpha value is -5.48. The second-order valence-corrected chi connectivity index (χ2v) is 12.3. The molecular weight excluding hydrogens is 595 g/mol. The maximum atomic E-state index is 14.1. The van der Waals surface area contributed by atoms with Crippen LogP contribution in [0.1, 0.15) is 58.8 Å². The third kappa shape index (κ3) is 5.79. The fraction of sp³-hybridized carbons (Fsp3) is 0.159. The van der Waals surface area contributed by atoms with Gasteiger partial charge in [-0.05, 0) is 82.5 Å². The van der Waals surface area contributed by atoms with E-state index in [0.717, 1.165) is 45.9 Å². The van der Waals surface area contributed by atoms with Gasteiger partial charge in [0.15, 0.2) is 5.60 Å². The molecule has 7 rings (SSSR count). The predicted octanol–water partition coefficient (Wildman–Crippen LogP) is 11.2. The number of fused-ring (bicyclic) bond motifs is 3. The van der Waals surface area contributed by atoms with Gasteiger partial charge in [-0.15, -0.1) is 0 Å². The minimum Gasteiger partial charge on any atom is -0.472 e. The second kappa shape index (κ2) is 13.3. The summed E-state index contributed by atoms with van der Waals surface area (Å²) < 4.78 is 26.4. The first-order valence-corrected chi connectivity index (χ1v) is 16.6. The molecule has 0 saturated heterocycles. The van der Waals surface area contributed by atoms with E-state index in [4.69, 9.17) is 9.47 Å². The fourth-order valence-corrected chi connectivity index (χ4v) is 6.82. The number of hydrogen-bond donors (Lipinski definition) is 0. The number of carbonyl (C=O) groups is 1. The molecule has 1 aliphatic rings. The van der Waals surface area contributed by atoms with E-state index in [1.807, 2.05) is 54.6 Å². The van der Waals surface area contributed by atoms with Gasteiger partial charge >= 0.3 is 5.97 Å². The van der Waals surface area contributed by atoms with Crippen molar-refractivity contribution in [2.45, 2.75) is 38.2 Å². The molecule has 1 aliphatic heterocycles. The van der Waals surface area contributed by atoms with Crippen LogP contribution in [0.25, 0.3) is 39.1 Å². The molecule has 1 heterocycles. The van der Waals surface area contributed by atoms with Gasteiger partial charge in [0.2, 0.25) is 0 Å². The van der Waals surface area contributed by atoms with E-state index in [1.54, 1.807) is 12.1 Å². The maximum absolute atomic E-state index is 14.1. The van der Waals surface area contributed by atoms with E-state index in [1.165, 1.54) is 48.8 Å². The Bertz CT molecular complexity index is 2120. The molecule has 0 bridgehead atoms. The standard InChI is InChI=1S/C44H37FO3/c1-3-4-7-14-33-27-31(17-23-38(33)30-12-8-5-9-13-30)32-18-24-39-34(28-32)29-41(43(46)47-2)40-25-26-44(48-42(39)40,35-15-10-6-11-16-35)36-19-21-37(45)22-20-36/h5-6,8-13,15-29H,3-4,7,14H2,1-2H3. The number of esters is 1. The molecule has 0 N–H and O–H groups in total. The molecule has 3 nitrogen and oxygen atoms in total. The van der Waals surface area contributed by atoms with E-state index in [-0.39, 0.29) is 5.82 Å². The molecule has 6 aromatic carbocycles. The number of aryl methyl sites for hydroxylation is 1. The number of hydrogen-bond acceptors (Lipinski definition) is 3. The summed E-state index contributed by atoms with van der Waals surface area (Å²) in [5.74, 6) is -0.181. The quantitative estimate of drug-likeness (QED) is 0.118. The summed E-state index contributed by atoms with van der Waals surface area (Å²) in [4.78, 5) is 13.2. The zero-order valence-corrected chi connectivity index (χ0v) is 27.2. The summed E-state index contributed by atoms with van der Waals surface area (Å²) >= 11 is 0. The molecule has 0 radical (unpaired) electrons. The van der Waals surface area contributed by atoms with E-state index < -0.39 is 11.6 Å². The first kappa shape index (κ1) is 31.1. The Morgan fingerprint density at radius 2 is 1.44 bits per heavy atom. The van der Waals surface area contributed by atoms with Crippen molar-refractivity contribution in [3.63, 3.8) is 0 Å². The Morgan fingerprint density at radius 1 is 0.750 bits per heavy atom. The van der Waals surface area contributed by atoms with Crippen LogP contribution in [0, 0.1) is 5.82 Å². The van der Waals surface area contributed by atoms with Crippen LogP contribution in [0.5, 0.6) is 5.75 Å². The smallest absolute Gasteiger partial charge is 0.338 e. The minimum atomic E-state index is -1.04. The van der Waals surface area contributed by atoms with Gasteiger partial charge in [-0.25, -0.2) is 9.18 Å². The van der Waals surface area contributed by atoms with Crippen molar-refractivity contribution in [1.29, 1.82) is 0 Å². The van der Waals surface area contributed by atoms with Crippen molar-refractivity contribution in [1.82, 2.24) is 0 Å². The van der Waals surface area contributed by atoms with Gasteiger partial charge in [0.25, 0.3) is 0 Å². The largest absolute Gasteiger partial charge is 0.472 e. The summed E-state index contributed by atoms with van der Waals surface area (Å²) in [6.07, 6.45) is 8.37. The minimum absolute atomic E-state index is 0.321. The number of ether oxygens (including phenoxy) is 2. The number of methoxy groups -OCH3 is 1. The highest BCUT2D eigenvalue weighted by Crippen LogP contribution is 2.47.